The van der Waals surface area contributed by atoms with Crippen LogP contribution >= 0.6 is 0 Å². The molecule has 0 aliphatic heterocycles. The number of carboxylic acids is 1. The highest BCUT2D eigenvalue weighted by Crippen LogP contribution is 2.08. The van der Waals surface area contributed by atoms with Crippen LogP contribution in [-0.4, -0.2) is 36.5 Å². The van der Waals surface area contributed by atoms with E-state index in [0.29, 0.717) is 6.61 Å². The van der Waals surface area contributed by atoms with Gasteiger partial charge in [0.05, 0.1) is 12.7 Å². The minimum absolute atomic E-state index is 0.106. The van der Waals surface area contributed by atoms with Crippen molar-refractivity contribution in [1.29, 1.82) is 0 Å². The van der Waals surface area contributed by atoms with Crippen LogP contribution in [0.4, 0.5) is 0 Å². The molecule has 0 fully saturated rings. The van der Waals surface area contributed by atoms with Crippen molar-refractivity contribution in [1.82, 2.24) is 0 Å². The molecule has 4 nitrogen and oxygen atoms in total. The zero-order valence-electron chi connectivity index (χ0n) is 11.3. The normalized spacial score (nSPS) is 14.5. The molecule has 102 valence electrons. The van der Waals surface area contributed by atoms with Crippen molar-refractivity contribution in [3.8, 4) is 0 Å². The zero-order valence-corrected chi connectivity index (χ0v) is 11.3. The maximum atomic E-state index is 10.8. The van der Waals surface area contributed by atoms with E-state index in [-0.39, 0.29) is 12.7 Å². The third-order valence-electron chi connectivity index (χ3n) is 2.64. The van der Waals surface area contributed by atoms with Crippen molar-refractivity contribution in [2.45, 2.75) is 65.1 Å². The molecule has 0 heterocycles. The molecule has 2 atom stereocenters. The molecular formula is C13H26O4. The van der Waals surface area contributed by atoms with Crippen molar-refractivity contribution in [2.75, 3.05) is 13.2 Å². The molecule has 0 spiro atoms. The van der Waals surface area contributed by atoms with Gasteiger partial charge in [-0.25, -0.2) is 4.79 Å². The first-order valence-corrected chi connectivity index (χ1v) is 6.57. The van der Waals surface area contributed by atoms with Crippen molar-refractivity contribution in [2.24, 2.45) is 0 Å². The fourth-order valence-electron chi connectivity index (χ4n) is 1.59. The van der Waals surface area contributed by atoms with Gasteiger partial charge in [-0.05, 0) is 20.3 Å². The van der Waals surface area contributed by atoms with Crippen molar-refractivity contribution in [3.05, 3.63) is 0 Å². The standard InChI is InChI=1S/C13H26O4/c1-4-6-7-8-9-11(3)17-10-12(13(14)15)16-5-2/h11-12H,4-10H2,1-3H3,(H,14,15). The van der Waals surface area contributed by atoms with Crippen LogP contribution in [0.25, 0.3) is 0 Å². The summed E-state index contributed by atoms with van der Waals surface area (Å²) in [5.41, 5.74) is 0. The van der Waals surface area contributed by atoms with E-state index in [2.05, 4.69) is 6.92 Å². The third kappa shape index (κ3) is 9.12. The molecule has 0 aliphatic carbocycles. The first-order chi connectivity index (χ1) is 8.11. The lowest BCUT2D eigenvalue weighted by Gasteiger charge is -2.17. The Morgan fingerprint density at radius 3 is 2.41 bits per heavy atom. The van der Waals surface area contributed by atoms with Crippen LogP contribution in [0, 0.1) is 0 Å². The smallest absolute Gasteiger partial charge is 0.335 e. The Morgan fingerprint density at radius 1 is 1.18 bits per heavy atom. The summed E-state index contributed by atoms with van der Waals surface area (Å²) in [5, 5.41) is 8.86. The maximum absolute atomic E-state index is 10.8. The van der Waals surface area contributed by atoms with E-state index < -0.39 is 12.1 Å². The van der Waals surface area contributed by atoms with Gasteiger partial charge >= 0.3 is 5.97 Å². The first kappa shape index (κ1) is 16.4. The number of aliphatic carboxylic acids is 1. The Hall–Kier alpha value is -0.610. The van der Waals surface area contributed by atoms with Crippen LogP contribution in [0.2, 0.25) is 0 Å². The number of carbonyl (C=O) groups is 1. The van der Waals surface area contributed by atoms with E-state index in [1.54, 1.807) is 6.92 Å². The Balaban J connectivity index is 3.65. The van der Waals surface area contributed by atoms with Gasteiger partial charge in [-0.2, -0.15) is 0 Å². The van der Waals surface area contributed by atoms with Gasteiger partial charge < -0.3 is 14.6 Å². The molecule has 0 radical (unpaired) electrons. The number of hydrogen-bond donors (Lipinski definition) is 1. The van der Waals surface area contributed by atoms with Crippen LogP contribution in [0.3, 0.4) is 0 Å². The van der Waals surface area contributed by atoms with Gasteiger partial charge in [0.1, 0.15) is 0 Å². The van der Waals surface area contributed by atoms with Crippen LogP contribution in [-0.2, 0) is 14.3 Å². The van der Waals surface area contributed by atoms with Gasteiger partial charge in [-0.3, -0.25) is 0 Å². The van der Waals surface area contributed by atoms with Gasteiger partial charge in [-0.1, -0.05) is 32.6 Å². The lowest BCUT2D eigenvalue weighted by Crippen LogP contribution is -2.30. The molecule has 0 aromatic rings. The summed E-state index contributed by atoms with van der Waals surface area (Å²) in [5.74, 6) is -0.954. The van der Waals surface area contributed by atoms with Crippen LogP contribution in [0.1, 0.15) is 52.9 Å². The number of unbranched alkanes of at least 4 members (excludes halogenated alkanes) is 3. The van der Waals surface area contributed by atoms with Crippen molar-refractivity contribution >= 4 is 5.97 Å². The molecular weight excluding hydrogens is 220 g/mol. The second-order valence-corrected chi connectivity index (χ2v) is 4.28. The summed E-state index contributed by atoms with van der Waals surface area (Å²) < 4.78 is 10.6. The summed E-state index contributed by atoms with van der Waals surface area (Å²) in [6, 6.07) is 0. The number of carboxylic acid groups (broad SMARTS) is 1. The fraction of sp³-hybridized carbons (Fsp3) is 0.923. The highest BCUT2D eigenvalue weighted by atomic mass is 16.6. The summed E-state index contributed by atoms with van der Waals surface area (Å²) in [4.78, 5) is 10.8. The number of rotatable bonds is 11. The third-order valence-corrected chi connectivity index (χ3v) is 2.64. The van der Waals surface area contributed by atoms with E-state index in [1.165, 1.54) is 19.3 Å². The summed E-state index contributed by atoms with van der Waals surface area (Å²) in [6.07, 6.45) is 5.09. The lowest BCUT2D eigenvalue weighted by atomic mass is 10.1. The predicted octanol–water partition coefficient (Wildman–Crippen LogP) is 2.85. The van der Waals surface area contributed by atoms with Crippen molar-refractivity contribution in [3.63, 3.8) is 0 Å². The second kappa shape index (κ2) is 10.5. The summed E-state index contributed by atoms with van der Waals surface area (Å²) in [6.45, 7) is 6.48. The predicted molar refractivity (Wildman–Crippen MR) is 67.2 cm³/mol. The Kier molecular flexibility index (Phi) is 10.2. The monoisotopic (exact) mass is 246 g/mol. The average Bonchev–Trinajstić information content (AvgIpc) is 2.29. The molecule has 1 N–H and O–H groups in total. The Bertz CT molecular complexity index is 194. The van der Waals surface area contributed by atoms with Gasteiger partial charge in [0.15, 0.2) is 6.10 Å². The number of hydrogen-bond acceptors (Lipinski definition) is 3. The van der Waals surface area contributed by atoms with Crippen molar-refractivity contribution < 1.29 is 19.4 Å². The van der Waals surface area contributed by atoms with E-state index in [9.17, 15) is 4.79 Å². The number of ether oxygens (including phenoxy) is 2. The molecule has 2 unspecified atom stereocenters. The summed E-state index contributed by atoms with van der Waals surface area (Å²) in [7, 11) is 0. The topological polar surface area (TPSA) is 55.8 Å². The molecule has 0 rings (SSSR count). The molecule has 4 heteroatoms. The maximum Gasteiger partial charge on any atom is 0.335 e. The van der Waals surface area contributed by atoms with Gasteiger partial charge in [-0.15, -0.1) is 0 Å². The SMILES string of the molecule is CCCCCCC(C)OCC(OCC)C(=O)O. The average molecular weight is 246 g/mol. The van der Waals surface area contributed by atoms with E-state index in [0.717, 1.165) is 12.8 Å². The largest absolute Gasteiger partial charge is 0.479 e. The van der Waals surface area contributed by atoms with Gasteiger partial charge in [0.25, 0.3) is 0 Å². The minimum Gasteiger partial charge on any atom is -0.479 e. The Morgan fingerprint density at radius 2 is 1.88 bits per heavy atom. The zero-order chi connectivity index (χ0) is 13.1. The van der Waals surface area contributed by atoms with Gasteiger partial charge in [0, 0.05) is 6.61 Å². The molecule has 17 heavy (non-hydrogen) atoms. The molecule has 0 saturated carbocycles. The molecule has 0 aromatic heterocycles. The molecule has 0 aliphatic rings. The van der Waals surface area contributed by atoms with E-state index in [1.807, 2.05) is 6.92 Å². The van der Waals surface area contributed by atoms with Crippen LogP contribution in [0.5, 0.6) is 0 Å². The molecule has 0 amide bonds. The second-order valence-electron chi connectivity index (χ2n) is 4.28. The lowest BCUT2D eigenvalue weighted by molar-refractivity contribution is -0.155. The fourth-order valence-corrected chi connectivity index (χ4v) is 1.59. The minimum atomic E-state index is -0.954. The highest BCUT2D eigenvalue weighted by molar-refractivity contribution is 5.72. The Labute approximate surface area is 104 Å². The molecule has 0 bridgehead atoms. The van der Waals surface area contributed by atoms with E-state index in [4.69, 9.17) is 14.6 Å². The first-order valence-electron chi connectivity index (χ1n) is 6.57. The van der Waals surface area contributed by atoms with Crippen LogP contribution in [0.15, 0.2) is 0 Å². The molecule has 0 saturated heterocycles. The molecule has 0 aromatic carbocycles. The van der Waals surface area contributed by atoms with E-state index >= 15 is 0 Å². The van der Waals surface area contributed by atoms with Crippen LogP contribution < -0.4 is 0 Å². The van der Waals surface area contributed by atoms with Gasteiger partial charge in [0.2, 0.25) is 0 Å². The highest BCUT2D eigenvalue weighted by Gasteiger charge is 2.18. The quantitative estimate of drug-likeness (QED) is 0.569. The summed E-state index contributed by atoms with van der Waals surface area (Å²) >= 11 is 0.